The number of fused-ring (bicyclic) bond motifs is 16. The monoisotopic (exact) mass is 1090 g/mol. The maximum Gasteiger partial charge on any atom is 0.159 e. The van der Waals surface area contributed by atoms with E-state index in [9.17, 15) is 0 Å². The van der Waals surface area contributed by atoms with Gasteiger partial charge in [-0.05, 0) is 90.9 Å². The van der Waals surface area contributed by atoms with Gasteiger partial charge in [-0.3, -0.25) is 0 Å². The van der Waals surface area contributed by atoms with Gasteiger partial charge in [0.1, 0.15) is 11.3 Å². The maximum atomic E-state index is 6.91. The van der Waals surface area contributed by atoms with Crippen LogP contribution in [-0.2, 0) is 0 Å². The van der Waals surface area contributed by atoms with Gasteiger partial charge in [0, 0.05) is 87.3 Å². The standard InChI is InChI=1S/C79H50N4O2/c1-3-25-66-52(4-2)54-37-23-41-64(78(54)84-66)80(50-30-13-7-14-31-50)62-46-44-58-72-68(48-26-9-5-10-27-48)77-73(69(49-28-11-6-12-29-49)76(72)82-60-39-20-17-35-56(60)70(62)74(58)82)59-45-47-63(71-57-36-18-21-40-61(57)83(77)75(59)71)81(51-32-15-8-16-33-51)65-42-24-38-55-53-34-19-22-43-67(53)85-79(55)65/h3-47H,2H2,1H3/b25-3-. The zero-order valence-electron chi connectivity index (χ0n) is 46.3. The molecule has 0 bridgehead atoms. The van der Waals surface area contributed by atoms with E-state index in [1.165, 1.54) is 65.4 Å². The van der Waals surface area contributed by atoms with Crippen LogP contribution in [-0.4, -0.2) is 8.80 Å². The Labute approximate surface area is 488 Å². The molecule has 85 heavy (non-hydrogen) atoms. The van der Waals surface area contributed by atoms with Crippen LogP contribution in [0.25, 0.3) is 144 Å². The molecule has 0 saturated carbocycles. The molecule has 0 N–H and O–H groups in total. The van der Waals surface area contributed by atoms with Gasteiger partial charge in [-0.1, -0.05) is 207 Å². The lowest BCUT2D eigenvalue weighted by molar-refractivity contribution is 0.603. The quantitative estimate of drug-likeness (QED) is 0.137. The number of rotatable bonds is 10. The van der Waals surface area contributed by atoms with Crippen molar-refractivity contribution >= 4 is 155 Å². The van der Waals surface area contributed by atoms with Gasteiger partial charge in [0.05, 0.1) is 55.8 Å². The Kier molecular flexibility index (Phi) is 10.1. The largest absolute Gasteiger partial charge is 0.454 e. The van der Waals surface area contributed by atoms with E-state index < -0.39 is 0 Å². The van der Waals surface area contributed by atoms with Crippen LogP contribution in [0, 0.1) is 0 Å². The molecule has 18 rings (SSSR count). The summed E-state index contributed by atoms with van der Waals surface area (Å²) in [6.07, 6.45) is 5.96. The van der Waals surface area contributed by atoms with Crippen LogP contribution in [0.3, 0.4) is 0 Å². The van der Waals surface area contributed by atoms with E-state index in [4.69, 9.17) is 8.83 Å². The SMILES string of the molecule is C=Cc1c(/C=C\C)oc2c(N(c3ccccc3)c3ccc4c5c(-c6ccccc6)c6c(c(-c7ccccc7)c5n5c7ccccc7c3c45)c3ccc(N(c4ccccc4)c4cccc5c4oc4ccccc45)c4c5ccccc5n6c34)cccc12. The van der Waals surface area contributed by atoms with Crippen molar-refractivity contribution in [2.24, 2.45) is 0 Å². The summed E-state index contributed by atoms with van der Waals surface area (Å²) in [4.78, 5) is 4.82. The highest BCUT2D eigenvalue weighted by molar-refractivity contribution is 6.40. The molecule has 0 spiro atoms. The summed E-state index contributed by atoms with van der Waals surface area (Å²) in [5.74, 6) is 0.785. The first-order valence-corrected chi connectivity index (χ1v) is 29.1. The molecule has 0 unspecified atom stereocenters. The van der Waals surface area contributed by atoms with E-state index in [2.05, 4.69) is 274 Å². The van der Waals surface area contributed by atoms with Crippen molar-refractivity contribution in [2.75, 3.05) is 9.80 Å². The Morgan fingerprint density at radius 1 is 0.353 bits per heavy atom. The second kappa shape index (κ2) is 18.1. The summed E-state index contributed by atoms with van der Waals surface area (Å²) in [6.45, 7) is 6.27. The third kappa shape index (κ3) is 6.48. The Balaban J connectivity index is 1.02. The summed E-state index contributed by atoms with van der Waals surface area (Å²) in [5.41, 5.74) is 21.2. The molecule has 0 atom stereocenters. The van der Waals surface area contributed by atoms with Crippen LogP contribution in [0.2, 0.25) is 0 Å². The molecule has 0 aliphatic heterocycles. The third-order valence-corrected chi connectivity index (χ3v) is 17.8. The average molecular weight is 1090 g/mol. The fraction of sp³-hybridized carbons (Fsp3) is 0.0127. The molecule has 18 aromatic rings. The van der Waals surface area contributed by atoms with Crippen molar-refractivity contribution < 1.29 is 8.83 Å². The first kappa shape index (κ1) is 47.3. The van der Waals surface area contributed by atoms with E-state index in [-0.39, 0.29) is 0 Å². The highest BCUT2D eigenvalue weighted by Gasteiger charge is 2.34. The number of aromatic nitrogens is 2. The van der Waals surface area contributed by atoms with Gasteiger partial charge < -0.3 is 27.4 Å². The number of para-hydroxylation sites is 7. The molecular formula is C79H50N4O2. The predicted molar refractivity (Wildman–Crippen MR) is 358 cm³/mol. The van der Waals surface area contributed by atoms with Gasteiger partial charge in [0.25, 0.3) is 0 Å². The number of hydrogen-bond acceptors (Lipinski definition) is 4. The topological polar surface area (TPSA) is 41.6 Å². The minimum atomic E-state index is 0.785. The lowest BCUT2D eigenvalue weighted by atomic mass is 9.89. The lowest BCUT2D eigenvalue weighted by Gasteiger charge is -2.26. The molecule has 0 fully saturated rings. The number of anilines is 6. The summed E-state index contributed by atoms with van der Waals surface area (Å²) in [5, 5.41) is 12.6. The van der Waals surface area contributed by atoms with Crippen molar-refractivity contribution in [3.8, 4) is 22.3 Å². The number of hydrogen-bond donors (Lipinski definition) is 0. The van der Waals surface area contributed by atoms with Gasteiger partial charge in [0.15, 0.2) is 11.2 Å². The molecule has 0 radical (unpaired) electrons. The van der Waals surface area contributed by atoms with Gasteiger partial charge in [-0.25, -0.2) is 0 Å². The number of furan rings is 2. The van der Waals surface area contributed by atoms with Crippen LogP contribution in [0.5, 0.6) is 0 Å². The van der Waals surface area contributed by atoms with Crippen molar-refractivity contribution in [2.45, 2.75) is 6.92 Å². The Morgan fingerprint density at radius 2 is 0.788 bits per heavy atom. The third-order valence-electron chi connectivity index (χ3n) is 17.8. The fourth-order valence-corrected chi connectivity index (χ4v) is 14.5. The van der Waals surface area contributed by atoms with Crippen molar-refractivity contribution in [1.29, 1.82) is 0 Å². The molecule has 0 aliphatic carbocycles. The smallest absolute Gasteiger partial charge is 0.159 e. The van der Waals surface area contributed by atoms with Gasteiger partial charge in [0.2, 0.25) is 0 Å². The molecule has 12 aromatic carbocycles. The molecule has 6 nitrogen and oxygen atoms in total. The molecule has 6 heterocycles. The van der Waals surface area contributed by atoms with E-state index in [1.54, 1.807) is 0 Å². The zero-order valence-corrected chi connectivity index (χ0v) is 46.3. The molecule has 6 aromatic heterocycles. The first-order valence-electron chi connectivity index (χ1n) is 29.1. The zero-order chi connectivity index (χ0) is 56.0. The highest BCUT2D eigenvalue weighted by atomic mass is 16.3. The molecule has 398 valence electrons. The van der Waals surface area contributed by atoms with Crippen LogP contribution in [0.1, 0.15) is 18.2 Å². The van der Waals surface area contributed by atoms with Gasteiger partial charge in [-0.15, -0.1) is 0 Å². The van der Waals surface area contributed by atoms with Crippen LogP contribution >= 0.6 is 0 Å². The molecular weight excluding hydrogens is 1040 g/mol. The van der Waals surface area contributed by atoms with Crippen molar-refractivity contribution in [3.63, 3.8) is 0 Å². The predicted octanol–water partition coefficient (Wildman–Crippen LogP) is 22.6. The van der Waals surface area contributed by atoms with Gasteiger partial charge >= 0.3 is 0 Å². The van der Waals surface area contributed by atoms with Crippen molar-refractivity contribution in [3.05, 3.63) is 279 Å². The highest BCUT2D eigenvalue weighted by Crippen LogP contribution is 2.58. The Bertz CT molecular complexity index is 5710. The molecule has 0 saturated heterocycles. The fourth-order valence-electron chi connectivity index (χ4n) is 14.5. The summed E-state index contributed by atoms with van der Waals surface area (Å²) >= 11 is 0. The second-order valence-corrected chi connectivity index (χ2v) is 22.2. The minimum absolute atomic E-state index is 0.785. The van der Waals surface area contributed by atoms with Crippen LogP contribution in [0.4, 0.5) is 34.1 Å². The van der Waals surface area contributed by atoms with Gasteiger partial charge in [-0.2, -0.15) is 0 Å². The summed E-state index contributed by atoms with van der Waals surface area (Å²) in [7, 11) is 0. The number of benzene rings is 12. The van der Waals surface area contributed by atoms with E-state index in [1.807, 2.05) is 31.2 Å². The average Bonchev–Trinajstić information content (AvgIpc) is 1.52. The lowest BCUT2D eigenvalue weighted by Crippen LogP contribution is -2.10. The maximum absolute atomic E-state index is 6.91. The number of allylic oxidation sites excluding steroid dienone is 1. The van der Waals surface area contributed by atoms with Crippen LogP contribution < -0.4 is 9.80 Å². The minimum Gasteiger partial charge on any atom is -0.454 e. The number of nitrogens with zero attached hydrogens (tertiary/aromatic N) is 4. The van der Waals surface area contributed by atoms with E-state index >= 15 is 0 Å². The van der Waals surface area contributed by atoms with E-state index in [0.29, 0.717) is 0 Å². The summed E-state index contributed by atoms with van der Waals surface area (Å²) in [6, 6.07) is 92.7. The Hall–Kier alpha value is -11.3. The van der Waals surface area contributed by atoms with E-state index in [0.717, 1.165) is 111 Å². The van der Waals surface area contributed by atoms with Crippen LogP contribution in [0.15, 0.2) is 276 Å². The second-order valence-electron chi connectivity index (χ2n) is 22.2. The molecule has 0 aliphatic rings. The molecule has 6 heteroatoms. The van der Waals surface area contributed by atoms with Crippen molar-refractivity contribution in [1.82, 2.24) is 8.80 Å². The normalized spacial score (nSPS) is 12.3. The Morgan fingerprint density at radius 3 is 1.29 bits per heavy atom. The first-order chi connectivity index (χ1) is 42.2. The summed E-state index contributed by atoms with van der Waals surface area (Å²) < 4.78 is 19.0. The molecule has 0 amide bonds.